The molecule has 4 rings (SSSR count). The third kappa shape index (κ3) is 2.77. The van der Waals surface area contributed by atoms with Crippen molar-refractivity contribution < 1.29 is 9.47 Å². The Hall–Kier alpha value is -2.38. The van der Waals surface area contributed by atoms with Crippen LogP contribution in [0.4, 0.5) is 0 Å². The Morgan fingerprint density at radius 3 is 2.85 bits per heavy atom. The van der Waals surface area contributed by atoms with E-state index >= 15 is 0 Å². The Morgan fingerprint density at radius 2 is 2.08 bits per heavy atom. The fraction of sp³-hybridized carbons (Fsp3) is 0.158. The molecule has 2 heterocycles. The molecule has 0 atom stereocenters. The molecule has 0 aliphatic carbocycles. The summed E-state index contributed by atoms with van der Waals surface area (Å²) in [6.45, 7) is 2.45. The Balaban J connectivity index is 1.92. The molecule has 0 amide bonds. The average Bonchev–Trinajstić information content (AvgIpc) is 3.14. The maximum atomic E-state index is 12.9. The summed E-state index contributed by atoms with van der Waals surface area (Å²) in [5.41, 5.74) is 2.43. The molecular formula is C19H15BrN2O3S. The quantitative estimate of drug-likeness (QED) is 0.495. The number of para-hydroxylation sites is 2. The van der Waals surface area contributed by atoms with E-state index in [1.165, 1.54) is 11.3 Å². The van der Waals surface area contributed by atoms with Crippen molar-refractivity contribution in [3.8, 4) is 11.5 Å². The molecule has 0 bridgehead atoms. The van der Waals surface area contributed by atoms with Gasteiger partial charge < -0.3 is 9.47 Å². The van der Waals surface area contributed by atoms with Crippen LogP contribution in [0.3, 0.4) is 0 Å². The second kappa shape index (κ2) is 6.74. The summed E-state index contributed by atoms with van der Waals surface area (Å²) < 4.78 is 14.1. The van der Waals surface area contributed by atoms with E-state index in [-0.39, 0.29) is 5.56 Å². The second-order valence-corrected chi connectivity index (χ2v) is 7.46. The number of benzene rings is 2. The molecule has 0 N–H and O–H groups in total. The number of methoxy groups -OCH3 is 1. The number of rotatable bonds is 4. The number of thiazole rings is 1. The van der Waals surface area contributed by atoms with E-state index in [4.69, 9.17) is 9.47 Å². The first-order chi connectivity index (χ1) is 12.6. The van der Waals surface area contributed by atoms with Gasteiger partial charge in [0.05, 0.1) is 29.3 Å². The Kier molecular flexibility index (Phi) is 4.42. The van der Waals surface area contributed by atoms with Gasteiger partial charge in [-0.25, -0.2) is 9.38 Å². The molecule has 4 aromatic rings. The van der Waals surface area contributed by atoms with Crippen LogP contribution < -0.4 is 19.6 Å². The molecule has 0 fully saturated rings. The SMILES string of the molecule is CCOc1cc(C=c2sc3nc4ccccc4n3c2=O)c(Br)cc1OC. The van der Waals surface area contributed by atoms with E-state index in [1.807, 2.05) is 49.4 Å². The van der Waals surface area contributed by atoms with Crippen LogP contribution in [0.5, 0.6) is 11.5 Å². The summed E-state index contributed by atoms with van der Waals surface area (Å²) in [4.78, 5) is 18.1. The zero-order valence-electron chi connectivity index (χ0n) is 14.2. The summed E-state index contributed by atoms with van der Waals surface area (Å²) in [6, 6.07) is 11.4. The highest BCUT2D eigenvalue weighted by molar-refractivity contribution is 9.10. The van der Waals surface area contributed by atoms with E-state index < -0.39 is 0 Å². The van der Waals surface area contributed by atoms with Crippen molar-refractivity contribution in [2.75, 3.05) is 13.7 Å². The Bertz CT molecular complexity index is 1230. The number of imidazole rings is 1. The minimum Gasteiger partial charge on any atom is -0.493 e. The second-order valence-electron chi connectivity index (χ2n) is 5.59. The number of halogens is 1. The molecule has 0 saturated heterocycles. The molecule has 0 saturated carbocycles. The molecule has 2 aromatic carbocycles. The largest absolute Gasteiger partial charge is 0.493 e. The summed E-state index contributed by atoms with van der Waals surface area (Å²) >= 11 is 4.92. The molecule has 0 aliphatic rings. The highest BCUT2D eigenvalue weighted by atomic mass is 79.9. The van der Waals surface area contributed by atoms with Crippen molar-refractivity contribution in [1.82, 2.24) is 9.38 Å². The van der Waals surface area contributed by atoms with Gasteiger partial charge >= 0.3 is 0 Å². The fourth-order valence-corrected chi connectivity index (χ4v) is 4.26. The van der Waals surface area contributed by atoms with Gasteiger partial charge in [-0.1, -0.05) is 39.4 Å². The van der Waals surface area contributed by atoms with Gasteiger partial charge in [0.2, 0.25) is 0 Å². The smallest absolute Gasteiger partial charge is 0.274 e. The first-order valence-corrected chi connectivity index (χ1v) is 9.65. The van der Waals surface area contributed by atoms with Gasteiger partial charge in [-0.2, -0.15) is 0 Å². The van der Waals surface area contributed by atoms with Crippen LogP contribution in [0.25, 0.3) is 22.1 Å². The van der Waals surface area contributed by atoms with Crippen LogP contribution in [0.15, 0.2) is 45.7 Å². The van der Waals surface area contributed by atoms with E-state index in [2.05, 4.69) is 20.9 Å². The van der Waals surface area contributed by atoms with Gasteiger partial charge in [0.25, 0.3) is 5.56 Å². The lowest BCUT2D eigenvalue weighted by molar-refractivity contribution is 0.310. The number of hydrogen-bond acceptors (Lipinski definition) is 5. The van der Waals surface area contributed by atoms with Gasteiger partial charge in [-0.15, -0.1) is 0 Å². The van der Waals surface area contributed by atoms with E-state index in [0.717, 1.165) is 21.1 Å². The molecule has 0 radical (unpaired) electrons. The highest BCUT2D eigenvalue weighted by Gasteiger charge is 2.12. The summed E-state index contributed by atoms with van der Waals surface area (Å²) in [7, 11) is 1.60. The number of hydrogen-bond donors (Lipinski definition) is 0. The summed E-state index contributed by atoms with van der Waals surface area (Å²) in [5, 5.41) is 0. The van der Waals surface area contributed by atoms with Crippen molar-refractivity contribution in [2.24, 2.45) is 0 Å². The van der Waals surface area contributed by atoms with E-state index in [9.17, 15) is 4.79 Å². The van der Waals surface area contributed by atoms with Gasteiger partial charge in [0.1, 0.15) is 0 Å². The molecule has 132 valence electrons. The van der Waals surface area contributed by atoms with Crippen LogP contribution in [-0.2, 0) is 0 Å². The Morgan fingerprint density at radius 1 is 1.27 bits per heavy atom. The predicted octanol–water partition coefficient (Wildman–Crippen LogP) is 3.63. The lowest BCUT2D eigenvalue weighted by Crippen LogP contribution is -2.22. The molecule has 2 aromatic heterocycles. The highest BCUT2D eigenvalue weighted by Crippen LogP contribution is 2.34. The van der Waals surface area contributed by atoms with Crippen LogP contribution >= 0.6 is 27.3 Å². The van der Waals surface area contributed by atoms with Crippen molar-refractivity contribution >= 4 is 49.3 Å². The summed E-state index contributed by atoms with van der Waals surface area (Å²) in [5.74, 6) is 1.29. The van der Waals surface area contributed by atoms with Gasteiger partial charge in [0, 0.05) is 4.47 Å². The minimum atomic E-state index is -0.0700. The minimum absolute atomic E-state index is 0.0700. The van der Waals surface area contributed by atoms with Crippen molar-refractivity contribution in [1.29, 1.82) is 0 Å². The lowest BCUT2D eigenvalue weighted by Gasteiger charge is -2.11. The van der Waals surface area contributed by atoms with Crippen LogP contribution in [-0.4, -0.2) is 23.1 Å². The number of aromatic nitrogens is 2. The number of fused-ring (bicyclic) bond motifs is 3. The molecular weight excluding hydrogens is 416 g/mol. The predicted molar refractivity (Wildman–Crippen MR) is 107 cm³/mol. The van der Waals surface area contributed by atoms with E-state index in [0.29, 0.717) is 27.6 Å². The van der Waals surface area contributed by atoms with Crippen molar-refractivity contribution in [2.45, 2.75) is 6.92 Å². The lowest BCUT2D eigenvalue weighted by atomic mass is 10.2. The van der Waals surface area contributed by atoms with Gasteiger partial charge in [-0.05, 0) is 42.8 Å². The van der Waals surface area contributed by atoms with Crippen molar-refractivity contribution in [3.05, 3.63) is 61.3 Å². The fourth-order valence-electron chi connectivity index (χ4n) is 2.84. The number of nitrogens with zero attached hydrogens (tertiary/aromatic N) is 2. The Labute approximate surface area is 161 Å². The average molecular weight is 431 g/mol. The zero-order chi connectivity index (χ0) is 18.3. The third-order valence-corrected chi connectivity index (χ3v) is 5.67. The van der Waals surface area contributed by atoms with Gasteiger partial charge in [-0.3, -0.25) is 4.79 Å². The zero-order valence-corrected chi connectivity index (χ0v) is 16.6. The van der Waals surface area contributed by atoms with Crippen LogP contribution in [0.2, 0.25) is 0 Å². The first-order valence-electron chi connectivity index (χ1n) is 8.04. The molecule has 26 heavy (non-hydrogen) atoms. The van der Waals surface area contributed by atoms with Crippen LogP contribution in [0.1, 0.15) is 12.5 Å². The third-order valence-electron chi connectivity index (χ3n) is 4.01. The molecule has 5 nitrogen and oxygen atoms in total. The van der Waals surface area contributed by atoms with E-state index in [1.54, 1.807) is 11.5 Å². The standard InChI is InChI=1S/C19H15BrN2O3S/c1-3-25-16-8-11(12(20)10-15(16)24-2)9-17-18(23)22-14-7-5-4-6-13(14)21-19(22)26-17/h4-10H,3H2,1-2H3. The topological polar surface area (TPSA) is 52.8 Å². The first kappa shape index (κ1) is 17.1. The van der Waals surface area contributed by atoms with Gasteiger partial charge in [0.15, 0.2) is 16.5 Å². The maximum absolute atomic E-state index is 12.9. The molecule has 7 heteroatoms. The number of ether oxygens (including phenoxy) is 2. The van der Waals surface area contributed by atoms with Crippen LogP contribution in [0, 0.1) is 0 Å². The maximum Gasteiger partial charge on any atom is 0.274 e. The monoisotopic (exact) mass is 430 g/mol. The molecule has 0 unspecified atom stereocenters. The summed E-state index contributed by atoms with van der Waals surface area (Å²) in [6.07, 6.45) is 1.85. The molecule has 0 spiro atoms. The molecule has 0 aliphatic heterocycles. The normalized spacial score (nSPS) is 12.2. The van der Waals surface area contributed by atoms with Crippen molar-refractivity contribution in [3.63, 3.8) is 0 Å².